The summed E-state index contributed by atoms with van der Waals surface area (Å²) in [7, 11) is 0. The molecule has 4 nitrogen and oxygen atoms in total. The molecule has 0 aromatic rings. The molecule has 30 heavy (non-hydrogen) atoms. The summed E-state index contributed by atoms with van der Waals surface area (Å²) in [6, 6.07) is 0.242. The van der Waals surface area contributed by atoms with E-state index in [-0.39, 0.29) is 23.7 Å². The first-order chi connectivity index (χ1) is 14.0. The van der Waals surface area contributed by atoms with Crippen molar-refractivity contribution in [2.75, 3.05) is 0 Å². The number of carbonyl (C=O) groups excluding carboxylic acids is 1. The normalized spacial score (nSPS) is 47.2. The lowest BCUT2D eigenvalue weighted by molar-refractivity contribution is -0.102. The van der Waals surface area contributed by atoms with Crippen LogP contribution in [0.25, 0.3) is 0 Å². The summed E-state index contributed by atoms with van der Waals surface area (Å²) < 4.78 is 5.50. The molecular weight excluding hydrogens is 374 g/mol. The summed E-state index contributed by atoms with van der Waals surface area (Å²) in [6.45, 7) is 12.8. The van der Waals surface area contributed by atoms with E-state index in [9.17, 15) is 9.90 Å². The van der Waals surface area contributed by atoms with Crippen molar-refractivity contribution in [2.45, 2.75) is 111 Å². The molecule has 2 N–H and O–H groups in total. The Kier molecular flexibility index (Phi) is 5.57. The summed E-state index contributed by atoms with van der Waals surface area (Å²) in [5, 5.41) is 13.9. The smallest absolute Gasteiger partial charge is 0.407 e. The Hall–Kier alpha value is -1.03. The molecule has 4 fully saturated rings. The molecule has 4 rings (SSSR count). The first kappa shape index (κ1) is 22.2. The van der Waals surface area contributed by atoms with Gasteiger partial charge in [-0.2, -0.15) is 0 Å². The fraction of sp³-hybridized carbons (Fsp3) is 0.885. The lowest BCUT2D eigenvalue weighted by Gasteiger charge is -2.60. The van der Waals surface area contributed by atoms with E-state index in [1.807, 2.05) is 20.8 Å². The van der Waals surface area contributed by atoms with Crippen LogP contribution in [0, 0.1) is 34.5 Å². The van der Waals surface area contributed by atoms with Crippen LogP contribution < -0.4 is 5.32 Å². The van der Waals surface area contributed by atoms with Crippen LogP contribution in [-0.2, 0) is 4.74 Å². The summed E-state index contributed by atoms with van der Waals surface area (Å²) >= 11 is 0. The number of rotatable bonds is 1. The Bertz CT molecular complexity index is 710. The molecule has 4 unspecified atom stereocenters. The highest BCUT2D eigenvalue weighted by molar-refractivity contribution is 5.68. The van der Waals surface area contributed by atoms with Crippen LogP contribution in [0.1, 0.15) is 92.9 Å². The molecule has 0 aromatic heterocycles. The van der Waals surface area contributed by atoms with Crippen molar-refractivity contribution in [1.29, 1.82) is 0 Å². The average molecular weight is 418 g/mol. The minimum atomic E-state index is -0.447. The number of nitrogens with one attached hydrogen (secondary N) is 1. The minimum absolute atomic E-state index is 0.202. The van der Waals surface area contributed by atoms with Crippen molar-refractivity contribution in [2.24, 2.45) is 34.5 Å². The second-order valence-electron chi connectivity index (χ2n) is 12.2. The zero-order valence-electron chi connectivity index (χ0n) is 20.0. The molecule has 0 radical (unpaired) electrons. The van der Waals surface area contributed by atoms with Crippen molar-refractivity contribution in [3.8, 4) is 0 Å². The highest BCUT2D eigenvalue weighted by Gasteiger charge is 2.60. The van der Waals surface area contributed by atoms with Crippen molar-refractivity contribution < 1.29 is 14.6 Å². The summed E-state index contributed by atoms with van der Waals surface area (Å²) in [5.41, 5.74) is 1.44. The molecule has 170 valence electrons. The minimum Gasteiger partial charge on any atom is -0.444 e. The van der Waals surface area contributed by atoms with E-state index in [4.69, 9.17) is 4.74 Å². The third kappa shape index (κ3) is 3.61. The molecule has 4 aliphatic carbocycles. The fourth-order valence-corrected chi connectivity index (χ4v) is 8.25. The third-order valence-corrected chi connectivity index (χ3v) is 9.58. The summed E-state index contributed by atoms with van der Waals surface area (Å²) in [5.74, 6) is 2.82. The molecule has 4 saturated carbocycles. The van der Waals surface area contributed by atoms with E-state index in [1.54, 1.807) is 0 Å². The number of aliphatic hydroxyl groups excluding tert-OH is 1. The number of ether oxygens (including phenoxy) is 1. The van der Waals surface area contributed by atoms with Gasteiger partial charge in [-0.1, -0.05) is 19.9 Å². The van der Waals surface area contributed by atoms with Crippen LogP contribution in [0.15, 0.2) is 11.6 Å². The molecular formula is C26H43NO3. The first-order valence-corrected chi connectivity index (χ1v) is 12.3. The largest absolute Gasteiger partial charge is 0.444 e. The predicted molar refractivity (Wildman–Crippen MR) is 120 cm³/mol. The molecule has 1 amide bonds. The van der Waals surface area contributed by atoms with Gasteiger partial charge in [0.05, 0.1) is 6.10 Å². The number of hydrogen-bond acceptors (Lipinski definition) is 3. The zero-order valence-corrected chi connectivity index (χ0v) is 20.0. The van der Waals surface area contributed by atoms with Gasteiger partial charge in [0.25, 0.3) is 0 Å². The van der Waals surface area contributed by atoms with E-state index in [0.29, 0.717) is 17.3 Å². The van der Waals surface area contributed by atoms with Gasteiger partial charge < -0.3 is 15.2 Å². The van der Waals surface area contributed by atoms with Gasteiger partial charge in [-0.15, -0.1) is 0 Å². The number of alkyl carbamates (subject to hydrolysis) is 1. The number of hydrogen-bond donors (Lipinski definition) is 2. The van der Waals surface area contributed by atoms with E-state index in [1.165, 1.54) is 37.7 Å². The van der Waals surface area contributed by atoms with Gasteiger partial charge in [0.15, 0.2) is 0 Å². The van der Waals surface area contributed by atoms with Gasteiger partial charge in [-0.3, -0.25) is 0 Å². The Morgan fingerprint density at radius 3 is 2.50 bits per heavy atom. The average Bonchev–Trinajstić information content (AvgIpc) is 2.90. The van der Waals surface area contributed by atoms with Crippen molar-refractivity contribution in [3.63, 3.8) is 0 Å². The van der Waals surface area contributed by atoms with E-state index in [2.05, 4.69) is 32.2 Å². The van der Waals surface area contributed by atoms with E-state index >= 15 is 0 Å². The lowest BCUT2D eigenvalue weighted by atomic mass is 9.45. The first-order valence-electron chi connectivity index (χ1n) is 12.3. The highest BCUT2D eigenvalue weighted by atomic mass is 16.6. The highest BCUT2D eigenvalue weighted by Crippen LogP contribution is 2.67. The molecule has 0 heterocycles. The Morgan fingerprint density at radius 1 is 1.10 bits per heavy atom. The van der Waals surface area contributed by atoms with Gasteiger partial charge in [-0.25, -0.2) is 4.79 Å². The number of amides is 1. The van der Waals surface area contributed by atoms with Crippen LogP contribution in [0.4, 0.5) is 4.79 Å². The number of allylic oxidation sites excluding steroid dienone is 1. The van der Waals surface area contributed by atoms with E-state index < -0.39 is 5.60 Å². The molecule has 0 aromatic carbocycles. The summed E-state index contributed by atoms with van der Waals surface area (Å²) in [6.07, 6.45) is 11.1. The number of fused-ring (bicyclic) bond motifs is 5. The van der Waals surface area contributed by atoms with Gasteiger partial charge in [0, 0.05) is 6.04 Å². The monoisotopic (exact) mass is 417 g/mol. The number of carbonyl (C=O) groups is 1. The molecule has 4 aliphatic rings. The van der Waals surface area contributed by atoms with E-state index in [0.717, 1.165) is 31.1 Å². The topological polar surface area (TPSA) is 58.6 Å². The Morgan fingerprint density at radius 2 is 1.83 bits per heavy atom. The zero-order chi connectivity index (χ0) is 21.9. The molecule has 0 aliphatic heterocycles. The van der Waals surface area contributed by atoms with Crippen molar-refractivity contribution >= 4 is 6.09 Å². The maximum absolute atomic E-state index is 12.3. The Labute approximate surface area is 183 Å². The third-order valence-electron chi connectivity index (χ3n) is 9.58. The van der Waals surface area contributed by atoms with Crippen LogP contribution >= 0.6 is 0 Å². The second-order valence-corrected chi connectivity index (χ2v) is 12.2. The predicted octanol–water partition coefficient (Wildman–Crippen LogP) is 5.84. The molecule has 0 bridgehead atoms. The maximum atomic E-state index is 12.3. The molecule has 8 atom stereocenters. The maximum Gasteiger partial charge on any atom is 0.407 e. The lowest BCUT2D eigenvalue weighted by Crippen LogP contribution is -2.55. The van der Waals surface area contributed by atoms with Crippen LogP contribution in [0.3, 0.4) is 0 Å². The molecule has 4 heteroatoms. The Balaban J connectivity index is 1.46. The molecule has 0 spiro atoms. The van der Waals surface area contributed by atoms with Crippen LogP contribution in [0.5, 0.6) is 0 Å². The number of aliphatic hydroxyl groups is 1. The summed E-state index contributed by atoms with van der Waals surface area (Å²) in [4.78, 5) is 12.3. The SMILES string of the molecule is C/C=C1/[C@H](O)CC2C3CCC4C[C@H](NC(=O)OC(C)(C)C)CC[C@]4(C)C3CC[C@]12C. The quantitative estimate of drug-likeness (QED) is 0.527. The standard InChI is InChI=1S/C26H43NO3/c1-7-19-22(28)15-21-18-9-8-16-14-17(27-23(29)30-24(2,3)4)10-12-25(16,5)20(18)11-13-26(19,21)6/h7,16-18,20-22,28H,8-15H2,1-6H3,(H,27,29)/b19-7-/t16?,17-,18?,20?,21?,22-,25+,26-/m1/s1. The second kappa shape index (κ2) is 7.53. The van der Waals surface area contributed by atoms with Gasteiger partial charge in [-0.05, 0) is 119 Å². The van der Waals surface area contributed by atoms with Crippen molar-refractivity contribution in [1.82, 2.24) is 5.32 Å². The van der Waals surface area contributed by atoms with Gasteiger partial charge >= 0.3 is 6.09 Å². The van der Waals surface area contributed by atoms with Crippen molar-refractivity contribution in [3.05, 3.63) is 11.6 Å². The van der Waals surface area contributed by atoms with Crippen LogP contribution in [0.2, 0.25) is 0 Å². The molecule has 0 saturated heterocycles. The van der Waals surface area contributed by atoms with Crippen LogP contribution in [-0.4, -0.2) is 28.9 Å². The van der Waals surface area contributed by atoms with Gasteiger partial charge in [0.1, 0.15) is 5.60 Å². The van der Waals surface area contributed by atoms with Gasteiger partial charge in [0.2, 0.25) is 0 Å². The fourth-order valence-electron chi connectivity index (χ4n) is 8.25.